The molecule has 11 heteroatoms. The summed E-state index contributed by atoms with van der Waals surface area (Å²) in [5, 5.41) is 10.1. The molecule has 0 bridgehead atoms. The van der Waals surface area contributed by atoms with Crippen LogP contribution < -0.4 is 16.6 Å². The van der Waals surface area contributed by atoms with Crippen LogP contribution in [-0.4, -0.2) is 42.1 Å². The number of aryl methyl sites for hydroxylation is 1. The van der Waals surface area contributed by atoms with Gasteiger partial charge in [-0.05, 0) is 38.1 Å². The standard InChI is InChI=1S/C21H24N6O3S2/c1-12-13(2)23-20-27(19(12)29)15(11-32-20)10-17(28)22-7-8-25-21(30)26(14-5-6-14)18(24-25)16-4-3-9-31-16/h3-4,9,14-15H,5-8,10-11H2,1-2H3,(H,22,28)/t15-/m0/s1. The van der Waals surface area contributed by atoms with Crippen LogP contribution in [0.2, 0.25) is 0 Å². The quantitative estimate of drug-likeness (QED) is 0.529. The zero-order chi connectivity index (χ0) is 22.4. The first-order valence-corrected chi connectivity index (χ1v) is 12.5. The van der Waals surface area contributed by atoms with Crippen molar-refractivity contribution in [3.8, 4) is 10.7 Å². The maximum atomic E-state index is 12.9. The number of amides is 1. The molecule has 1 fully saturated rings. The van der Waals surface area contributed by atoms with E-state index in [0.717, 1.165) is 23.4 Å². The van der Waals surface area contributed by atoms with Gasteiger partial charge in [-0.3, -0.25) is 18.7 Å². The van der Waals surface area contributed by atoms with Gasteiger partial charge in [0.05, 0.1) is 17.5 Å². The number of rotatable bonds is 7. The van der Waals surface area contributed by atoms with Crippen molar-refractivity contribution in [3.05, 3.63) is 49.6 Å². The lowest BCUT2D eigenvalue weighted by Crippen LogP contribution is -2.34. The predicted octanol–water partition coefficient (Wildman–Crippen LogP) is 2.14. The number of hydrogen-bond donors (Lipinski definition) is 1. The fourth-order valence-corrected chi connectivity index (χ4v) is 5.80. The normalized spacial score (nSPS) is 17.5. The van der Waals surface area contributed by atoms with Crippen LogP contribution in [0.3, 0.4) is 0 Å². The topological polar surface area (TPSA) is 104 Å². The summed E-state index contributed by atoms with van der Waals surface area (Å²) in [6, 6.07) is 3.93. The highest BCUT2D eigenvalue weighted by atomic mass is 32.2. The molecule has 1 amide bonds. The molecule has 1 atom stereocenters. The minimum atomic E-state index is -0.212. The van der Waals surface area contributed by atoms with E-state index in [1.165, 1.54) is 16.4 Å². The lowest BCUT2D eigenvalue weighted by Gasteiger charge is -2.14. The molecule has 4 heterocycles. The van der Waals surface area contributed by atoms with E-state index in [1.54, 1.807) is 27.4 Å². The summed E-state index contributed by atoms with van der Waals surface area (Å²) in [5.41, 5.74) is 1.15. The summed E-state index contributed by atoms with van der Waals surface area (Å²) in [5.74, 6) is 1.20. The van der Waals surface area contributed by atoms with Crippen molar-refractivity contribution in [2.75, 3.05) is 12.3 Å². The molecule has 1 aliphatic heterocycles. The number of thioether (sulfide) groups is 1. The highest BCUT2D eigenvalue weighted by Crippen LogP contribution is 2.37. The molecule has 32 heavy (non-hydrogen) atoms. The number of carbonyl (C=O) groups is 1. The third-order valence-corrected chi connectivity index (χ3v) is 7.88. The van der Waals surface area contributed by atoms with E-state index in [-0.39, 0.29) is 35.7 Å². The highest BCUT2D eigenvalue weighted by molar-refractivity contribution is 7.99. The van der Waals surface area contributed by atoms with E-state index in [9.17, 15) is 14.4 Å². The average molecular weight is 473 g/mol. The second-order valence-electron chi connectivity index (χ2n) is 8.21. The Balaban J connectivity index is 1.24. The second kappa shape index (κ2) is 8.36. The van der Waals surface area contributed by atoms with Gasteiger partial charge < -0.3 is 5.32 Å². The number of aromatic nitrogens is 5. The minimum absolute atomic E-state index is 0.0754. The number of nitrogens with one attached hydrogen (secondary N) is 1. The second-order valence-corrected chi connectivity index (χ2v) is 10.1. The average Bonchev–Trinajstić information content (AvgIpc) is 3.16. The lowest BCUT2D eigenvalue weighted by atomic mass is 10.2. The fourth-order valence-electron chi connectivity index (χ4n) is 3.91. The molecular weight excluding hydrogens is 448 g/mol. The maximum absolute atomic E-state index is 12.9. The first-order valence-electron chi connectivity index (χ1n) is 10.7. The van der Waals surface area contributed by atoms with Gasteiger partial charge >= 0.3 is 5.69 Å². The van der Waals surface area contributed by atoms with Gasteiger partial charge in [0.1, 0.15) is 0 Å². The molecule has 1 aliphatic carbocycles. The van der Waals surface area contributed by atoms with E-state index < -0.39 is 0 Å². The zero-order valence-electron chi connectivity index (χ0n) is 17.9. The van der Waals surface area contributed by atoms with E-state index in [0.29, 0.717) is 35.4 Å². The maximum Gasteiger partial charge on any atom is 0.346 e. The van der Waals surface area contributed by atoms with Crippen LogP contribution in [0.25, 0.3) is 10.7 Å². The van der Waals surface area contributed by atoms with Gasteiger partial charge in [-0.2, -0.15) is 0 Å². The number of nitrogens with zero attached hydrogens (tertiary/aromatic N) is 5. The van der Waals surface area contributed by atoms with Crippen LogP contribution in [0.5, 0.6) is 0 Å². The van der Waals surface area contributed by atoms with Crippen molar-refractivity contribution >= 4 is 29.0 Å². The summed E-state index contributed by atoms with van der Waals surface area (Å²) in [4.78, 5) is 43.5. The number of fused-ring (bicyclic) bond motifs is 1. The summed E-state index contributed by atoms with van der Waals surface area (Å²) in [6.07, 6.45) is 2.19. The molecule has 0 aromatic carbocycles. The van der Waals surface area contributed by atoms with Crippen molar-refractivity contribution in [1.29, 1.82) is 0 Å². The van der Waals surface area contributed by atoms with Crippen LogP contribution in [0.15, 0.2) is 32.3 Å². The van der Waals surface area contributed by atoms with Crippen LogP contribution in [0.1, 0.15) is 42.6 Å². The summed E-state index contributed by atoms with van der Waals surface area (Å²) < 4.78 is 4.86. The van der Waals surface area contributed by atoms with Crippen molar-refractivity contribution < 1.29 is 4.79 Å². The van der Waals surface area contributed by atoms with Gasteiger partial charge in [0.25, 0.3) is 5.56 Å². The number of thiophene rings is 1. The third-order valence-electron chi connectivity index (χ3n) is 5.91. The van der Waals surface area contributed by atoms with Gasteiger partial charge in [-0.15, -0.1) is 16.4 Å². The molecule has 9 nitrogen and oxygen atoms in total. The Morgan fingerprint density at radius 2 is 2.06 bits per heavy atom. The largest absolute Gasteiger partial charge is 0.354 e. The molecule has 3 aromatic heterocycles. The first kappa shape index (κ1) is 21.2. The van der Waals surface area contributed by atoms with Crippen LogP contribution in [0.4, 0.5) is 0 Å². The van der Waals surface area contributed by atoms with Gasteiger partial charge in [0, 0.05) is 36.0 Å². The van der Waals surface area contributed by atoms with Gasteiger partial charge in [0.15, 0.2) is 11.0 Å². The SMILES string of the molecule is Cc1nc2n(c(=O)c1C)[C@@H](CC(=O)NCCn1nc(-c3cccs3)n(C3CC3)c1=O)CS2. The Bertz CT molecular complexity index is 1290. The van der Waals surface area contributed by atoms with E-state index >= 15 is 0 Å². The van der Waals surface area contributed by atoms with E-state index in [2.05, 4.69) is 15.4 Å². The van der Waals surface area contributed by atoms with E-state index in [4.69, 9.17) is 0 Å². The third kappa shape index (κ3) is 3.83. The molecule has 0 spiro atoms. The molecule has 2 aliphatic rings. The van der Waals surface area contributed by atoms with Crippen molar-refractivity contribution in [3.63, 3.8) is 0 Å². The van der Waals surface area contributed by atoms with Gasteiger partial charge in [-0.25, -0.2) is 14.5 Å². The smallest absolute Gasteiger partial charge is 0.346 e. The Morgan fingerprint density at radius 3 is 2.78 bits per heavy atom. The van der Waals surface area contributed by atoms with Gasteiger partial charge in [-0.1, -0.05) is 17.8 Å². The Hall–Kier alpha value is -2.66. The van der Waals surface area contributed by atoms with Crippen LogP contribution in [0, 0.1) is 13.8 Å². The number of hydrogen-bond acceptors (Lipinski definition) is 7. The molecule has 3 aromatic rings. The van der Waals surface area contributed by atoms with Crippen molar-refractivity contribution in [2.45, 2.75) is 56.9 Å². The highest BCUT2D eigenvalue weighted by Gasteiger charge is 2.31. The zero-order valence-corrected chi connectivity index (χ0v) is 19.5. The van der Waals surface area contributed by atoms with Crippen LogP contribution >= 0.6 is 23.1 Å². The monoisotopic (exact) mass is 472 g/mol. The van der Waals surface area contributed by atoms with E-state index in [1.807, 2.05) is 24.4 Å². The molecule has 0 radical (unpaired) electrons. The molecule has 1 N–H and O–H groups in total. The molecule has 0 saturated heterocycles. The molecule has 168 valence electrons. The summed E-state index contributed by atoms with van der Waals surface area (Å²) in [7, 11) is 0. The minimum Gasteiger partial charge on any atom is -0.354 e. The Morgan fingerprint density at radius 1 is 1.25 bits per heavy atom. The molecular formula is C21H24N6O3S2. The summed E-state index contributed by atoms with van der Waals surface area (Å²) >= 11 is 3.06. The fraction of sp³-hybridized carbons (Fsp3) is 0.476. The Kier molecular flexibility index (Phi) is 5.54. The number of carbonyl (C=O) groups excluding carboxylic acids is 1. The molecule has 5 rings (SSSR count). The molecule has 1 saturated carbocycles. The predicted molar refractivity (Wildman–Crippen MR) is 123 cm³/mol. The lowest BCUT2D eigenvalue weighted by molar-refractivity contribution is -0.121. The van der Waals surface area contributed by atoms with Gasteiger partial charge in [0.2, 0.25) is 5.91 Å². The van der Waals surface area contributed by atoms with Crippen molar-refractivity contribution in [1.82, 2.24) is 29.2 Å². The Labute approximate surface area is 192 Å². The van der Waals surface area contributed by atoms with Crippen molar-refractivity contribution in [2.24, 2.45) is 0 Å². The first-order chi connectivity index (χ1) is 15.4. The molecule has 0 unspecified atom stereocenters. The summed E-state index contributed by atoms with van der Waals surface area (Å²) in [6.45, 7) is 4.20. The van der Waals surface area contributed by atoms with Crippen LogP contribution in [-0.2, 0) is 11.3 Å².